The Hall–Kier alpha value is -1.64. The van der Waals surface area contributed by atoms with Gasteiger partial charge >= 0.3 is 0 Å². The van der Waals surface area contributed by atoms with Gasteiger partial charge in [0.15, 0.2) is 0 Å². The molecule has 2 heterocycles. The summed E-state index contributed by atoms with van der Waals surface area (Å²) in [5, 5.41) is 0.906. The van der Waals surface area contributed by atoms with Crippen molar-refractivity contribution in [3.05, 3.63) is 40.4 Å². The van der Waals surface area contributed by atoms with Crippen LogP contribution in [0.25, 0.3) is 10.9 Å². The Kier molecular flexibility index (Phi) is 3.61. The highest BCUT2D eigenvalue weighted by Gasteiger charge is 2.00. The molecule has 0 spiro atoms. The third-order valence-electron chi connectivity index (χ3n) is 2.05. The lowest BCUT2D eigenvalue weighted by Gasteiger charge is -2.00. The van der Waals surface area contributed by atoms with Gasteiger partial charge in [-0.2, -0.15) is 0 Å². The second-order valence-corrected chi connectivity index (χ2v) is 3.18. The van der Waals surface area contributed by atoms with Gasteiger partial charge in [-0.15, -0.1) is 0 Å². The summed E-state index contributed by atoms with van der Waals surface area (Å²) in [5.74, 6) is 0. The quantitative estimate of drug-likeness (QED) is 0.659. The van der Waals surface area contributed by atoms with Crippen molar-refractivity contribution in [1.82, 2.24) is 9.55 Å². The van der Waals surface area contributed by atoms with E-state index in [9.17, 15) is 4.79 Å². The fourth-order valence-corrected chi connectivity index (χ4v) is 1.32. The minimum Gasteiger partial charge on any atom is -0.317 e. The molecule has 0 atom stereocenters. The van der Waals surface area contributed by atoms with Crippen molar-refractivity contribution < 1.29 is 0 Å². The molecule has 0 aromatic carbocycles. The highest BCUT2D eigenvalue weighted by molar-refractivity contribution is 5.77. The molecule has 0 saturated carbocycles. The summed E-state index contributed by atoms with van der Waals surface area (Å²) in [4.78, 5) is 15.6. The first-order chi connectivity index (χ1) is 7.18. The van der Waals surface area contributed by atoms with Crippen LogP contribution in [0.3, 0.4) is 0 Å². The third kappa shape index (κ3) is 2.24. The van der Waals surface area contributed by atoms with Gasteiger partial charge in [0.25, 0.3) is 5.56 Å². The normalized spacial score (nSPS) is 9.60. The summed E-state index contributed by atoms with van der Waals surface area (Å²) in [6.45, 7) is 5.96. The van der Waals surface area contributed by atoms with E-state index in [1.807, 2.05) is 32.9 Å². The highest BCUT2D eigenvalue weighted by atomic mass is 16.1. The summed E-state index contributed by atoms with van der Waals surface area (Å²) < 4.78 is 1.53. The van der Waals surface area contributed by atoms with E-state index in [0.717, 1.165) is 10.9 Å². The van der Waals surface area contributed by atoms with Gasteiger partial charge in [0.1, 0.15) is 5.52 Å². The fourth-order valence-electron chi connectivity index (χ4n) is 1.32. The zero-order valence-electron chi connectivity index (χ0n) is 9.61. The molecule has 0 aliphatic heterocycles. The second kappa shape index (κ2) is 4.73. The molecule has 0 radical (unpaired) electrons. The first-order valence-corrected chi connectivity index (χ1v) is 5.10. The molecule has 0 unspecified atom stereocenters. The number of aryl methyl sites for hydroxylation is 2. The van der Waals surface area contributed by atoms with Gasteiger partial charge in [-0.1, -0.05) is 13.8 Å². The van der Waals surface area contributed by atoms with Crippen molar-refractivity contribution in [3.63, 3.8) is 0 Å². The van der Waals surface area contributed by atoms with Crippen molar-refractivity contribution in [3.8, 4) is 0 Å². The first-order valence-electron chi connectivity index (χ1n) is 5.10. The van der Waals surface area contributed by atoms with Crippen molar-refractivity contribution in [1.29, 1.82) is 0 Å². The summed E-state index contributed by atoms with van der Waals surface area (Å²) in [5.41, 5.74) is 1.56. The van der Waals surface area contributed by atoms with Crippen LogP contribution in [0.5, 0.6) is 0 Å². The molecule has 3 heteroatoms. The Bertz CT molecular complexity index is 515. The molecule has 2 rings (SSSR count). The molecule has 0 fully saturated rings. The van der Waals surface area contributed by atoms with Crippen LogP contribution < -0.4 is 5.56 Å². The second-order valence-electron chi connectivity index (χ2n) is 3.18. The summed E-state index contributed by atoms with van der Waals surface area (Å²) >= 11 is 0. The number of pyridine rings is 2. The average Bonchev–Trinajstić information content (AvgIpc) is 2.26. The van der Waals surface area contributed by atoms with Gasteiger partial charge in [0, 0.05) is 24.8 Å². The number of hydrogen-bond acceptors (Lipinski definition) is 2. The van der Waals surface area contributed by atoms with Crippen LogP contribution in [-0.4, -0.2) is 9.55 Å². The van der Waals surface area contributed by atoms with E-state index in [0.29, 0.717) is 5.52 Å². The average molecular weight is 204 g/mol. The predicted molar refractivity (Wildman–Crippen MR) is 63.1 cm³/mol. The Morgan fingerprint density at radius 3 is 2.67 bits per heavy atom. The van der Waals surface area contributed by atoms with E-state index in [2.05, 4.69) is 4.98 Å². The fraction of sp³-hybridized carbons (Fsp3) is 0.333. The van der Waals surface area contributed by atoms with E-state index in [4.69, 9.17) is 0 Å². The Labute approximate surface area is 89.4 Å². The van der Waals surface area contributed by atoms with Crippen molar-refractivity contribution in [2.24, 2.45) is 7.05 Å². The van der Waals surface area contributed by atoms with E-state index in [-0.39, 0.29) is 5.56 Å². The molecule has 0 aliphatic rings. The van der Waals surface area contributed by atoms with Gasteiger partial charge in [-0.05, 0) is 24.6 Å². The van der Waals surface area contributed by atoms with Crippen LogP contribution in [0.1, 0.15) is 19.4 Å². The van der Waals surface area contributed by atoms with Gasteiger partial charge in [-0.25, -0.2) is 0 Å². The van der Waals surface area contributed by atoms with E-state index in [1.54, 1.807) is 19.4 Å². The Balaban J connectivity index is 0.000000531. The van der Waals surface area contributed by atoms with Crippen LogP contribution in [-0.2, 0) is 7.05 Å². The van der Waals surface area contributed by atoms with E-state index < -0.39 is 0 Å². The van der Waals surface area contributed by atoms with Crippen LogP contribution in [0.15, 0.2) is 29.3 Å². The van der Waals surface area contributed by atoms with Crippen molar-refractivity contribution in [2.75, 3.05) is 0 Å². The molecule has 0 saturated heterocycles. The van der Waals surface area contributed by atoms with Crippen LogP contribution in [0, 0.1) is 6.92 Å². The maximum Gasteiger partial charge on any atom is 0.276 e. The molecule has 0 N–H and O–H groups in total. The zero-order chi connectivity index (χ0) is 11.4. The molecule has 15 heavy (non-hydrogen) atoms. The van der Waals surface area contributed by atoms with Gasteiger partial charge < -0.3 is 4.57 Å². The summed E-state index contributed by atoms with van der Waals surface area (Å²) in [7, 11) is 1.73. The number of rotatable bonds is 0. The highest BCUT2D eigenvalue weighted by Crippen LogP contribution is 2.07. The molecule has 0 bridgehead atoms. The molecule has 2 aromatic rings. The minimum absolute atomic E-state index is 0.0440. The standard InChI is InChI=1S/C10H10N2O.C2H6/c1-7-5-8-3-4-12(2)10(13)9(8)11-6-7;1-2/h3-6H,1-2H3;1-2H3. The molecule has 2 aromatic heterocycles. The molecule has 3 nitrogen and oxygen atoms in total. The third-order valence-corrected chi connectivity index (χ3v) is 2.05. The topological polar surface area (TPSA) is 34.9 Å². The monoisotopic (exact) mass is 204 g/mol. The number of nitrogens with zero attached hydrogens (tertiary/aromatic N) is 2. The van der Waals surface area contributed by atoms with Crippen LogP contribution in [0.4, 0.5) is 0 Å². The van der Waals surface area contributed by atoms with Gasteiger partial charge in [-0.3, -0.25) is 9.78 Å². The SMILES string of the molecule is CC.Cc1cnc2c(=O)n(C)ccc2c1. The Morgan fingerprint density at radius 2 is 2.00 bits per heavy atom. The Morgan fingerprint density at radius 1 is 1.33 bits per heavy atom. The number of fused-ring (bicyclic) bond motifs is 1. The van der Waals surface area contributed by atoms with E-state index in [1.165, 1.54) is 4.57 Å². The van der Waals surface area contributed by atoms with E-state index >= 15 is 0 Å². The molecule has 80 valence electrons. The smallest absolute Gasteiger partial charge is 0.276 e. The maximum absolute atomic E-state index is 11.5. The molecular formula is C12H16N2O. The van der Waals surface area contributed by atoms with Crippen molar-refractivity contribution in [2.45, 2.75) is 20.8 Å². The minimum atomic E-state index is -0.0440. The van der Waals surface area contributed by atoms with Gasteiger partial charge in [0.05, 0.1) is 0 Å². The zero-order valence-corrected chi connectivity index (χ0v) is 9.61. The lowest BCUT2D eigenvalue weighted by molar-refractivity contribution is 0.869. The molecular weight excluding hydrogens is 188 g/mol. The summed E-state index contributed by atoms with van der Waals surface area (Å²) in [6, 6.07) is 3.86. The van der Waals surface area contributed by atoms with Crippen LogP contribution >= 0.6 is 0 Å². The molecule has 0 amide bonds. The van der Waals surface area contributed by atoms with Crippen LogP contribution in [0.2, 0.25) is 0 Å². The number of hydrogen-bond donors (Lipinski definition) is 0. The molecule has 0 aliphatic carbocycles. The lowest BCUT2D eigenvalue weighted by atomic mass is 10.2. The predicted octanol–water partition coefficient (Wildman–Crippen LogP) is 2.27. The maximum atomic E-state index is 11.5. The largest absolute Gasteiger partial charge is 0.317 e. The van der Waals surface area contributed by atoms with Crippen molar-refractivity contribution >= 4 is 10.9 Å². The summed E-state index contributed by atoms with van der Waals surface area (Å²) in [6.07, 6.45) is 3.47. The van der Waals surface area contributed by atoms with Gasteiger partial charge in [0.2, 0.25) is 0 Å². The number of aromatic nitrogens is 2. The first kappa shape index (κ1) is 11.4. The lowest BCUT2D eigenvalue weighted by Crippen LogP contribution is -2.16.